The van der Waals surface area contributed by atoms with Crippen LogP contribution in [0.5, 0.6) is 0 Å². The van der Waals surface area contributed by atoms with Gasteiger partial charge in [-0.25, -0.2) is 0 Å². The van der Waals surface area contributed by atoms with Crippen molar-refractivity contribution in [2.75, 3.05) is 4.90 Å². The van der Waals surface area contributed by atoms with Gasteiger partial charge in [-0.15, -0.1) is 0 Å². The number of nitro benzene ring substituents is 1. The molecule has 23 heavy (non-hydrogen) atoms. The van der Waals surface area contributed by atoms with E-state index in [1.54, 1.807) is 21.3 Å². The van der Waals surface area contributed by atoms with Crippen LogP contribution in [0.3, 0.4) is 0 Å². The second-order valence-electron chi connectivity index (χ2n) is 5.76. The van der Waals surface area contributed by atoms with Crippen molar-refractivity contribution in [1.82, 2.24) is 0 Å². The molecule has 2 heterocycles. The van der Waals surface area contributed by atoms with Crippen molar-refractivity contribution in [2.45, 2.75) is 32.7 Å². The average Bonchev–Trinajstić information content (AvgIpc) is 2.89. The van der Waals surface area contributed by atoms with Gasteiger partial charge in [-0.3, -0.25) is 14.9 Å². The van der Waals surface area contributed by atoms with E-state index in [1.807, 2.05) is 20.8 Å². The number of nitro groups is 1. The molecule has 0 aliphatic carbocycles. The van der Waals surface area contributed by atoms with Crippen LogP contribution < -0.4 is 4.90 Å². The molecular formula is C15H14N2O3S3. The number of carbonyl (C=O) groups excluding carboxylic acids is 1. The third-order valence-electron chi connectivity index (χ3n) is 4.00. The maximum atomic E-state index is 12.6. The first-order valence-electron chi connectivity index (χ1n) is 7.04. The summed E-state index contributed by atoms with van der Waals surface area (Å²) in [7, 11) is 3.01. The van der Waals surface area contributed by atoms with Crippen molar-refractivity contribution < 1.29 is 9.72 Å². The zero-order valence-corrected chi connectivity index (χ0v) is 15.2. The van der Waals surface area contributed by atoms with Gasteiger partial charge >= 0.3 is 0 Å². The van der Waals surface area contributed by atoms with E-state index in [0.717, 1.165) is 10.4 Å². The first-order chi connectivity index (χ1) is 10.8. The standard InChI is InChI=1S/C15H14N2O3S3/c1-4-11(18)16-10-6-5-8(17(19)20)7-9(10)12-13(15(16,2)3)22-23-14(12)21/h5-7H,4H2,1-3H3. The van der Waals surface area contributed by atoms with E-state index >= 15 is 0 Å². The molecule has 0 atom stereocenters. The predicted octanol–water partition coefficient (Wildman–Crippen LogP) is 5.11. The molecule has 1 aliphatic heterocycles. The first kappa shape index (κ1) is 16.2. The van der Waals surface area contributed by atoms with Crippen molar-refractivity contribution in [3.05, 3.63) is 37.0 Å². The van der Waals surface area contributed by atoms with Crippen molar-refractivity contribution in [2.24, 2.45) is 0 Å². The normalized spacial score (nSPS) is 15.0. The Hall–Kier alpha value is -1.64. The number of amides is 1. The molecule has 0 spiro atoms. The van der Waals surface area contributed by atoms with Crippen molar-refractivity contribution in [1.29, 1.82) is 0 Å². The molecule has 3 rings (SSSR count). The molecule has 1 aromatic heterocycles. The minimum atomic E-state index is -0.524. The topological polar surface area (TPSA) is 63.5 Å². The van der Waals surface area contributed by atoms with Gasteiger partial charge in [-0.2, -0.15) is 0 Å². The minimum absolute atomic E-state index is 0.00361. The quantitative estimate of drug-likeness (QED) is 0.321. The van der Waals surface area contributed by atoms with Gasteiger partial charge < -0.3 is 4.90 Å². The van der Waals surface area contributed by atoms with Gasteiger partial charge in [0, 0.05) is 29.7 Å². The Morgan fingerprint density at radius 3 is 2.70 bits per heavy atom. The molecule has 0 N–H and O–H groups in total. The fourth-order valence-electron chi connectivity index (χ4n) is 2.94. The lowest BCUT2D eigenvalue weighted by Crippen LogP contribution is -2.47. The Labute approximate surface area is 145 Å². The molecule has 0 fully saturated rings. The van der Waals surface area contributed by atoms with Crippen molar-refractivity contribution in [3.63, 3.8) is 0 Å². The van der Waals surface area contributed by atoms with Crippen LogP contribution in [0.4, 0.5) is 11.4 Å². The van der Waals surface area contributed by atoms with Crippen LogP contribution in [0, 0.1) is 13.9 Å². The van der Waals surface area contributed by atoms with Gasteiger partial charge in [0.2, 0.25) is 5.91 Å². The smallest absolute Gasteiger partial charge is 0.270 e. The number of hydrogen-bond acceptors (Lipinski definition) is 6. The van der Waals surface area contributed by atoms with Gasteiger partial charge in [-0.1, -0.05) is 39.8 Å². The maximum absolute atomic E-state index is 12.6. The summed E-state index contributed by atoms with van der Waals surface area (Å²) in [6, 6.07) is 4.62. The average molecular weight is 366 g/mol. The first-order valence-corrected chi connectivity index (χ1v) is 9.60. The highest BCUT2D eigenvalue weighted by molar-refractivity contribution is 7.80. The summed E-state index contributed by atoms with van der Waals surface area (Å²) in [5, 5.41) is 11.1. The number of non-ortho nitro benzene ring substituents is 1. The highest BCUT2D eigenvalue weighted by Crippen LogP contribution is 2.52. The Kier molecular flexibility index (Phi) is 3.86. The summed E-state index contributed by atoms with van der Waals surface area (Å²) in [4.78, 5) is 26.0. The molecule has 8 heteroatoms. The number of carbonyl (C=O) groups is 1. The molecule has 1 aromatic carbocycles. The minimum Gasteiger partial charge on any atom is -0.301 e. The van der Waals surface area contributed by atoms with Crippen molar-refractivity contribution >= 4 is 50.2 Å². The van der Waals surface area contributed by atoms with E-state index in [1.165, 1.54) is 22.5 Å². The fraction of sp³-hybridized carbons (Fsp3) is 0.333. The van der Waals surface area contributed by atoms with Crippen LogP contribution >= 0.6 is 32.9 Å². The Bertz CT molecular complexity index is 882. The number of rotatable bonds is 2. The summed E-state index contributed by atoms with van der Waals surface area (Å²) < 4.78 is 0.712. The van der Waals surface area contributed by atoms with E-state index in [2.05, 4.69) is 0 Å². The number of fused-ring (bicyclic) bond motifs is 3. The van der Waals surface area contributed by atoms with Crippen LogP contribution in [-0.4, -0.2) is 10.8 Å². The van der Waals surface area contributed by atoms with E-state index < -0.39 is 10.5 Å². The van der Waals surface area contributed by atoms with Crippen LogP contribution in [0.25, 0.3) is 11.1 Å². The lowest BCUT2D eigenvalue weighted by Gasteiger charge is -2.42. The molecule has 0 bridgehead atoms. The molecule has 1 amide bonds. The largest absolute Gasteiger partial charge is 0.301 e. The van der Waals surface area contributed by atoms with E-state index in [9.17, 15) is 14.9 Å². The summed E-state index contributed by atoms with van der Waals surface area (Å²) in [5.74, 6) is -0.0138. The highest BCUT2D eigenvalue weighted by atomic mass is 32.9. The number of anilines is 1. The second-order valence-corrected chi connectivity index (χ2v) is 8.58. The highest BCUT2D eigenvalue weighted by Gasteiger charge is 2.42. The van der Waals surface area contributed by atoms with Crippen LogP contribution in [-0.2, 0) is 10.3 Å². The molecule has 1 aliphatic rings. The van der Waals surface area contributed by atoms with Gasteiger partial charge in [0.05, 0.1) is 21.0 Å². The number of benzene rings is 1. The molecule has 0 radical (unpaired) electrons. The lowest BCUT2D eigenvalue weighted by molar-refractivity contribution is -0.384. The van der Waals surface area contributed by atoms with Gasteiger partial charge in [0.15, 0.2) is 0 Å². The fourth-order valence-corrected chi connectivity index (χ4v) is 6.22. The molecule has 5 nitrogen and oxygen atoms in total. The molecule has 120 valence electrons. The zero-order chi connectivity index (χ0) is 16.9. The molecule has 0 saturated carbocycles. The molecule has 2 aromatic rings. The Morgan fingerprint density at radius 1 is 1.39 bits per heavy atom. The van der Waals surface area contributed by atoms with Crippen LogP contribution in [0.2, 0.25) is 0 Å². The predicted molar refractivity (Wildman–Crippen MR) is 95.9 cm³/mol. The van der Waals surface area contributed by atoms with Gasteiger partial charge in [-0.05, 0) is 19.9 Å². The van der Waals surface area contributed by atoms with Crippen LogP contribution in [0.15, 0.2) is 18.2 Å². The molecule has 0 unspecified atom stereocenters. The van der Waals surface area contributed by atoms with E-state index in [0.29, 0.717) is 21.5 Å². The second kappa shape index (κ2) is 5.47. The maximum Gasteiger partial charge on any atom is 0.270 e. The third-order valence-corrected chi connectivity index (χ3v) is 7.33. The summed E-state index contributed by atoms with van der Waals surface area (Å²) >= 11 is 5.45. The summed E-state index contributed by atoms with van der Waals surface area (Å²) in [6.07, 6.45) is 0.366. The third kappa shape index (κ3) is 2.32. The summed E-state index contributed by atoms with van der Waals surface area (Å²) in [6.45, 7) is 5.79. The Morgan fingerprint density at radius 2 is 2.09 bits per heavy atom. The Balaban J connectivity index is 2.38. The lowest BCUT2D eigenvalue weighted by atomic mass is 9.87. The summed E-state index contributed by atoms with van der Waals surface area (Å²) in [5.41, 5.74) is 1.71. The number of hydrogen-bond donors (Lipinski definition) is 0. The monoisotopic (exact) mass is 366 g/mol. The zero-order valence-electron chi connectivity index (χ0n) is 12.8. The van der Waals surface area contributed by atoms with Crippen LogP contribution in [0.1, 0.15) is 32.1 Å². The van der Waals surface area contributed by atoms with E-state index in [4.69, 9.17) is 12.2 Å². The SMILES string of the molecule is CCC(=O)N1c2ccc([N+](=O)[O-])cc2-c2c(ssc2=S)C1(C)C. The van der Waals surface area contributed by atoms with Gasteiger partial charge in [0.1, 0.15) is 3.82 Å². The van der Waals surface area contributed by atoms with Gasteiger partial charge in [0.25, 0.3) is 5.69 Å². The van der Waals surface area contributed by atoms with Crippen molar-refractivity contribution in [3.8, 4) is 11.1 Å². The molecule has 0 saturated heterocycles. The number of nitrogens with zero attached hydrogens (tertiary/aromatic N) is 2. The van der Waals surface area contributed by atoms with E-state index in [-0.39, 0.29) is 11.6 Å². The molecular weight excluding hydrogens is 352 g/mol.